The van der Waals surface area contributed by atoms with E-state index >= 15 is 0 Å². The Morgan fingerprint density at radius 1 is 1.26 bits per heavy atom. The van der Waals surface area contributed by atoms with Gasteiger partial charge in [-0.15, -0.1) is 0 Å². The van der Waals surface area contributed by atoms with Gasteiger partial charge in [0.2, 0.25) is 0 Å². The molecule has 0 amide bonds. The first-order chi connectivity index (χ1) is 9.35. The van der Waals surface area contributed by atoms with Gasteiger partial charge in [-0.3, -0.25) is 0 Å². The molecule has 1 heterocycles. The number of hydrogen-bond acceptors (Lipinski definition) is 2. The van der Waals surface area contributed by atoms with Crippen LogP contribution in [-0.2, 0) is 17.7 Å². The molecular formula is C16H28N2O. The second kappa shape index (κ2) is 7.71. The Morgan fingerprint density at radius 2 is 2.16 bits per heavy atom. The smallest absolute Gasteiger partial charge is 0.0645 e. The van der Waals surface area contributed by atoms with Gasteiger partial charge in [0.05, 0.1) is 6.61 Å². The fourth-order valence-electron chi connectivity index (χ4n) is 2.92. The van der Waals surface area contributed by atoms with Crippen molar-refractivity contribution in [1.29, 1.82) is 0 Å². The predicted molar refractivity (Wildman–Crippen MR) is 79.5 cm³/mol. The molecule has 1 aromatic rings. The minimum atomic E-state index is 0.556. The van der Waals surface area contributed by atoms with Crippen LogP contribution in [0.25, 0.3) is 0 Å². The largest absolute Gasteiger partial charge is 0.380 e. The highest BCUT2D eigenvalue weighted by Crippen LogP contribution is 2.29. The number of nitrogens with zero attached hydrogens (tertiary/aromatic N) is 1. The summed E-state index contributed by atoms with van der Waals surface area (Å²) in [4.78, 5) is 0. The van der Waals surface area contributed by atoms with Gasteiger partial charge >= 0.3 is 0 Å². The van der Waals surface area contributed by atoms with E-state index in [9.17, 15) is 0 Å². The SMILES string of the molecule is CCCOCCn1cc2c(c1)C(NCC)CCCC2. The van der Waals surface area contributed by atoms with Crippen LogP contribution >= 0.6 is 0 Å². The number of hydrogen-bond donors (Lipinski definition) is 1. The average Bonchev–Trinajstić information content (AvgIpc) is 2.73. The van der Waals surface area contributed by atoms with Gasteiger partial charge in [0.15, 0.2) is 0 Å². The summed E-state index contributed by atoms with van der Waals surface area (Å²) in [6.45, 7) is 8.08. The van der Waals surface area contributed by atoms with Crippen LogP contribution in [0.5, 0.6) is 0 Å². The molecule has 0 spiro atoms. The molecule has 0 saturated heterocycles. The first-order valence-electron chi connectivity index (χ1n) is 7.84. The van der Waals surface area contributed by atoms with Crippen molar-refractivity contribution in [2.75, 3.05) is 19.8 Å². The van der Waals surface area contributed by atoms with Crippen molar-refractivity contribution in [3.63, 3.8) is 0 Å². The van der Waals surface area contributed by atoms with Gasteiger partial charge in [0.1, 0.15) is 0 Å². The Morgan fingerprint density at radius 3 is 2.95 bits per heavy atom. The molecule has 0 radical (unpaired) electrons. The standard InChI is InChI=1S/C16H28N2O/c1-3-10-19-11-9-18-12-14-7-5-6-8-16(17-4-2)15(14)13-18/h12-13,16-17H,3-11H2,1-2H3. The van der Waals surface area contributed by atoms with Crippen LogP contribution in [0, 0.1) is 0 Å². The monoisotopic (exact) mass is 264 g/mol. The van der Waals surface area contributed by atoms with Gasteiger partial charge in [-0.25, -0.2) is 0 Å². The molecule has 1 aliphatic carbocycles. The van der Waals surface area contributed by atoms with E-state index in [2.05, 4.69) is 36.1 Å². The van der Waals surface area contributed by atoms with Crippen molar-refractivity contribution in [3.05, 3.63) is 23.5 Å². The minimum Gasteiger partial charge on any atom is -0.380 e. The van der Waals surface area contributed by atoms with E-state index in [-0.39, 0.29) is 0 Å². The Bertz CT molecular complexity index is 373. The van der Waals surface area contributed by atoms with Crippen LogP contribution in [0.1, 0.15) is 56.7 Å². The van der Waals surface area contributed by atoms with Gasteiger partial charge < -0.3 is 14.6 Å². The molecule has 1 unspecified atom stereocenters. The highest BCUT2D eigenvalue weighted by atomic mass is 16.5. The summed E-state index contributed by atoms with van der Waals surface area (Å²) in [6.07, 6.45) is 10.9. The van der Waals surface area contributed by atoms with E-state index in [1.54, 1.807) is 5.56 Å². The van der Waals surface area contributed by atoms with Crippen molar-refractivity contribution >= 4 is 0 Å². The molecule has 1 N–H and O–H groups in total. The molecule has 1 atom stereocenters. The zero-order chi connectivity index (χ0) is 13.5. The van der Waals surface area contributed by atoms with E-state index in [0.717, 1.165) is 32.7 Å². The molecule has 19 heavy (non-hydrogen) atoms. The predicted octanol–water partition coefficient (Wildman–Crippen LogP) is 3.29. The van der Waals surface area contributed by atoms with E-state index in [1.807, 2.05) is 0 Å². The Hall–Kier alpha value is -0.800. The Kier molecular flexibility index (Phi) is 5.93. The molecule has 1 aliphatic rings. The summed E-state index contributed by atoms with van der Waals surface area (Å²) in [5.41, 5.74) is 3.06. The summed E-state index contributed by atoms with van der Waals surface area (Å²) in [5, 5.41) is 3.63. The van der Waals surface area contributed by atoms with Crippen LogP contribution in [0.15, 0.2) is 12.4 Å². The Labute approximate surface area is 117 Å². The summed E-state index contributed by atoms with van der Waals surface area (Å²) in [6, 6.07) is 0.556. The van der Waals surface area contributed by atoms with E-state index in [4.69, 9.17) is 4.74 Å². The van der Waals surface area contributed by atoms with Crippen molar-refractivity contribution in [2.45, 2.75) is 58.5 Å². The summed E-state index contributed by atoms with van der Waals surface area (Å²) >= 11 is 0. The number of aryl methyl sites for hydroxylation is 1. The minimum absolute atomic E-state index is 0.556. The van der Waals surface area contributed by atoms with Gasteiger partial charge in [-0.05, 0) is 43.4 Å². The van der Waals surface area contributed by atoms with Crippen LogP contribution in [0.4, 0.5) is 0 Å². The fourth-order valence-corrected chi connectivity index (χ4v) is 2.92. The second-order valence-electron chi connectivity index (χ2n) is 5.45. The van der Waals surface area contributed by atoms with Gasteiger partial charge in [-0.2, -0.15) is 0 Å². The molecule has 0 bridgehead atoms. The lowest BCUT2D eigenvalue weighted by molar-refractivity contribution is 0.127. The molecule has 0 aliphatic heterocycles. The van der Waals surface area contributed by atoms with Crippen molar-refractivity contribution in [2.24, 2.45) is 0 Å². The molecule has 3 heteroatoms. The van der Waals surface area contributed by atoms with E-state index < -0.39 is 0 Å². The summed E-state index contributed by atoms with van der Waals surface area (Å²) < 4.78 is 7.90. The van der Waals surface area contributed by atoms with Gasteiger partial charge in [-0.1, -0.05) is 20.3 Å². The van der Waals surface area contributed by atoms with E-state index in [1.165, 1.54) is 31.2 Å². The zero-order valence-corrected chi connectivity index (χ0v) is 12.5. The maximum absolute atomic E-state index is 5.58. The molecule has 3 nitrogen and oxygen atoms in total. The third-order valence-corrected chi connectivity index (χ3v) is 3.85. The lowest BCUT2D eigenvalue weighted by atomic mass is 10.0. The number of nitrogens with one attached hydrogen (secondary N) is 1. The lowest BCUT2D eigenvalue weighted by Gasteiger charge is -2.15. The number of aromatic nitrogens is 1. The van der Waals surface area contributed by atoms with Crippen LogP contribution in [0.2, 0.25) is 0 Å². The second-order valence-corrected chi connectivity index (χ2v) is 5.45. The Balaban J connectivity index is 1.98. The highest BCUT2D eigenvalue weighted by Gasteiger charge is 2.19. The molecule has 2 rings (SSSR count). The molecule has 0 saturated carbocycles. The van der Waals surface area contributed by atoms with E-state index in [0.29, 0.717) is 6.04 Å². The van der Waals surface area contributed by atoms with Crippen LogP contribution in [-0.4, -0.2) is 24.3 Å². The topological polar surface area (TPSA) is 26.2 Å². The third kappa shape index (κ3) is 4.08. The number of ether oxygens (including phenoxy) is 1. The van der Waals surface area contributed by atoms with Crippen molar-refractivity contribution in [3.8, 4) is 0 Å². The maximum atomic E-state index is 5.58. The molecule has 1 aromatic heterocycles. The normalized spacial score (nSPS) is 19.2. The maximum Gasteiger partial charge on any atom is 0.0645 e. The number of fused-ring (bicyclic) bond motifs is 1. The first-order valence-corrected chi connectivity index (χ1v) is 7.84. The van der Waals surface area contributed by atoms with Gasteiger partial charge in [0.25, 0.3) is 0 Å². The van der Waals surface area contributed by atoms with Crippen molar-refractivity contribution in [1.82, 2.24) is 9.88 Å². The molecule has 0 fully saturated rings. The van der Waals surface area contributed by atoms with Crippen molar-refractivity contribution < 1.29 is 4.74 Å². The zero-order valence-electron chi connectivity index (χ0n) is 12.5. The van der Waals surface area contributed by atoms with Crippen LogP contribution in [0.3, 0.4) is 0 Å². The third-order valence-electron chi connectivity index (χ3n) is 3.85. The van der Waals surface area contributed by atoms with Gasteiger partial charge in [0, 0.05) is 31.6 Å². The molecule has 108 valence electrons. The summed E-state index contributed by atoms with van der Waals surface area (Å²) in [7, 11) is 0. The summed E-state index contributed by atoms with van der Waals surface area (Å²) in [5.74, 6) is 0. The number of rotatable bonds is 7. The van der Waals surface area contributed by atoms with Crippen LogP contribution < -0.4 is 5.32 Å². The molecule has 0 aromatic carbocycles. The first kappa shape index (κ1) is 14.6. The molecular weight excluding hydrogens is 236 g/mol. The average molecular weight is 264 g/mol. The quantitative estimate of drug-likeness (QED) is 0.604. The highest BCUT2D eigenvalue weighted by molar-refractivity contribution is 5.29. The fraction of sp³-hybridized carbons (Fsp3) is 0.750. The lowest BCUT2D eigenvalue weighted by Crippen LogP contribution is -2.20.